The second-order valence-electron chi connectivity index (χ2n) is 7.61. The van der Waals surface area contributed by atoms with Gasteiger partial charge in [-0.05, 0) is 17.2 Å². The molecule has 0 radical (unpaired) electrons. The third-order valence-electron chi connectivity index (χ3n) is 5.80. The Kier molecular flexibility index (Phi) is 6.12. The van der Waals surface area contributed by atoms with E-state index in [9.17, 15) is 20.6 Å². The first-order chi connectivity index (χ1) is 15.6. The molecule has 0 amide bonds. The third kappa shape index (κ3) is 4.15. The average Bonchev–Trinajstić information content (AvgIpc) is 2.85. The smallest absolute Gasteiger partial charge is 0.293 e. The van der Waals surface area contributed by atoms with E-state index >= 15 is 0 Å². The molecule has 0 aromatic heterocycles. The van der Waals surface area contributed by atoms with Crippen LogP contribution in [-0.2, 0) is 0 Å². The van der Waals surface area contributed by atoms with Crippen molar-refractivity contribution < 1.29 is 4.92 Å². The summed E-state index contributed by atoms with van der Waals surface area (Å²) in [6, 6.07) is 27.2. The Labute approximate surface area is 186 Å². The van der Waals surface area contributed by atoms with Gasteiger partial charge in [-0.3, -0.25) is 15.0 Å². The van der Waals surface area contributed by atoms with E-state index in [2.05, 4.69) is 29.2 Å². The van der Waals surface area contributed by atoms with Gasteiger partial charge in [0, 0.05) is 32.2 Å². The lowest BCUT2D eigenvalue weighted by molar-refractivity contribution is -0.384. The van der Waals surface area contributed by atoms with E-state index in [4.69, 9.17) is 0 Å². The van der Waals surface area contributed by atoms with E-state index in [1.54, 1.807) is 0 Å². The van der Waals surface area contributed by atoms with Gasteiger partial charge in [-0.1, -0.05) is 60.7 Å². The van der Waals surface area contributed by atoms with Crippen LogP contribution in [0, 0.1) is 32.8 Å². The van der Waals surface area contributed by atoms with Crippen molar-refractivity contribution >= 4 is 11.4 Å². The molecular weight excluding hydrogens is 402 g/mol. The molecular formula is C25H21N5O2. The Morgan fingerprint density at radius 2 is 1.31 bits per heavy atom. The highest BCUT2D eigenvalue weighted by molar-refractivity contribution is 5.70. The Morgan fingerprint density at radius 1 is 0.812 bits per heavy atom. The number of hydrogen-bond donors (Lipinski definition) is 0. The highest BCUT2D eigenvalue weighted by Gasteiger charge is 2.30. The summed E-state index contributed by atoms with van der Waals surface area (Å²) in [5.74, 6) is 0. The van der Waals surface area contributed by atoms with Crippen molar-refractivity contribution in [2.75, 3.05) is 31.1 Å². The molecule has 1 fully saturated rings. The molecule has 0 unspecified atom stereocenters. The first kappa shape index (κ1) is 21.0. The maximum absolute atomic E-state index is 11.7. The molecule has 32 heavy (non-hydrogen) atoms. The van der Waals surface area contributed by atoms with Gasteiger partial charge in [0.1, 0.15) is 17.8 Å². The lowest BCUT2D eigenvalue weighted by Gasteiger charge is -2.40. The Bertz CT molecular complexity index is 1150. The number of hydrogen-bond acceptors (Lipinski definition) is 6. The van der Waals surface area contributed by atoms with E-state index in [1.165, 1.54) is 23.3 Å². The quantitative estimate of drug-likeness (QED) is 0.449. The van der Waals surface area contributed by atoms with Crippen LogP contribution in [0.15, 0.2) is 72.8 Å². The molecule has 1 aliphatic heterocycles. The van der Waals surface area contributed by atoms with E-state index < -0.39 is 4.92 Å². The van der Waals surface area contributed by atoms with Gasteiger partial charge in [-0.15, -0.1) is 0 Å². The van der Waals surface area contributed by atoms with Crippen LogP contribution in [0.1, 0.15) is 28.3 Å². The standard InChI is InChI=1S/C25H21N5O2/c26-17-21-15-23(24(30(31)32)16-22(21)18-27)28-11-13-29(14-12-28)25(19-7-3-1-4-8-19)20-9-5-2-6-10-20/h1-10,15-16,25H,11-14H2. The fourth-order valence-electron chi connectivity index (χ4n) is 4.27. The molecule has 1 heterocycles. The fourth-order valence-corrected chi connectivity index (χ4v) is 4.27. The second kappa shape index (κ2) is 9.30. The SMILES string of the molecule is N#Cc1cc(N2CCN(C(c3ccccc3)c3ccccc3)CC2)c([N+](=O)[O-])cc1C#N. The topological polar surface area (TPSA) is 97.2 Å². The first-order valence-corrected chi connectivity index (χ1v) is 10.3. The van der Waals surface area contributed by atoms with E-state index in [0.717, 1.165) is 0 Å². The van der Waals surface area contributed by atoms with Crippen LogP contribution < -0.4 is 4.90 Å². The number of nitriles is 2. The number of nitro groups is 1. The summed E-state index contributed by atoms with van der Waals surface area (Å²) < 4.78 is 0. The minimum absolute atomic E-state index is 0.0230. The van der Waals surface area contributed by atoms with Gasteiger partial charge in [0.25, 0.3) is 5.69 Å². The normalized spacial score (nSPS) is 14.0. The maximum Gasteiger partial charge on any atom is 0.293 e. The minimum atomic E-state index is -0.486. The number of nitrogens with zero attached hydrogens (tertiary/aromatic N) is 5. The Balaban J connectivity index is 1.62. The Hall–Kier alpha value is -4.20. The van der Waals surface area contributed by atoms with Crippen LogP contribution >= 0.6 is 0 Å². The van der Waals surface area contributed by atoms with Crippen LogP contribution in [0.2, 0.25) is 0 Å². The summed E-state index contributed by atoms with van der Waals surface area (Å²) in [6.45, 7) is 2.56. The zero-order valence-corrected chi connectivity index (χ0v) is 17.4. The first-order valence-electron chi connectivity index (χ1n) is 10.3. The molecule has 7 nitrogen and oxygen atoms in total. The number of rotatable bonds is 5. The molecule has 0 saturated carbocycles. The monoisotopic (exact) mass is 423 g/mol. The van der Waals surface area contributed by atoms with Crippen LogP contribution in [0.5, 0.6) is 0 Å². The van der Waals surface area contributed by atoms with Gasteiger partial charge >= 0.3 is 0 Å². The van der Waals surface area contributed by atoms with Crippen molar-refractivity contribution in [1.82, 2.24) is 4.90 Å². The van der Waals surface area contributed by atoms with Crippen molar-refractivity contribution in [3.63, 3.8) is 0 Å². The number of anilines is 1. The van der Waals surface area contributed by atoms with Crippen LogP contribution in [0.3, 0.4) is 0 Å². The molecule has 0 N–H and O–H groups in total. The molecule has 3 aromatic carbocycles. The summed E-state index contributed by atoms with van der Waals surface area (Å²) in [6.07, 6.45) is 0. The van der Waals surface area contributed by atoms with Crippen molar-refractivity contribution in [2.45, 2.75) is 6.04 Å². The molecule has 0 aliphatic carbocycles. The summed E-state index contributed by atoms with van der Waals surface area (Å²) in [5, 5.41) is 30.2. The van der Waals surface area contributed by atoms with Gasteiger partial charge in [-0.2, -0.15) is 10.5 Å². The molecule has 158 valence electrons. The van der Waals surface area contributed by atoms with Crippen molar-refractivity contribution in [1.29, 1.82) is 10.5 Å². The summed E-state index contributed by atoms with van der Waals surface area (Å²) >= 11 is 0. The highest BCUT2D eigenvalue weighted by atomic mass is 16.6. The molecule has 7 heteroatoms. The second-order valence-corrected chi connectivity index (χ2v) is 7.61. The molecule has 0 atom stereocenters. The molecule has 0 spiro atoms. The average molecular weight is 423 g/mol. The lowest BCUT2D eigenvalue weighted by atomic mass is 9.96. The predicted octanol–water partition coefficient (Wildman–Crippen LogP) is 4.25. The number of benzene rings is 3. The van der Waals surface area contributed by atoms with Crippen molar-refractivity contribution in [3.8, 4) is 12.1 Å². The molecule has 3 aromatic rings. The number of piperazine rings is 1. The maximum atomic E-state index is 11.7. The van der Waals surface area contributed by atoms with Crippen molar-refractivity contribution in [3.05, 3.63) is 105 Å². The van der Waals surface area contributed by atoms with E-state index in [1.807, 2.05) is 53.4 Å². The van der Waals surface area contributed by atoms with E-state index in [0.29, 0.717) is 31.9 Å². The summed E-state index contributed by atoms with van der Waals surface area (Å²) in [7, 11) is 0. The zero-order chi connectivity index (χ0) is 22.5. The fraction of sp³-hybridized carbons (Fsp3) is 0.200. The van der Waals surface area contributed by atoms with Crippen LogP contribution in [0.25, 0.3) is 0 Å². The molecule has 1 saturated heterocycles. The van der Waals surface area contributed by atoms with Crippen molar-refractivity contribution in [2.24, 2.45) is 0 Å². The number of nitro benzene ring substituents is 1. The Morgan fingerprint density at radius 3 is 1.78 bits per heavy atom. The van der Waals surface area contributed by atoms with Gasteiger partial charge in [0.05, 0.1) is 22.1 Å². The van der Waals surface area contributed by atoms with Gasteiger partial charge in [-0.25, -0.2) is 0 Å². The lowest BCUT2D eigenvalue weighted by Crippen LogP contribution is -2.48. The van der Waals surface area contributed by atoms with Gasteiger partial charge in [0.2, 0.25) is 0 Å². The molecule has 0 bridgehead atoms. The van der Waals surface area contributed by atoms with E-state index in [-0.39, 0.29) is 22.9 Å². The summed E-state index contributed by atoms with van der Waals surface area (Å²) in [5.41, 5.74) is 2.82. The largest absolute Gasteiger partial charge is 0.363 e. The van der Waals surface area contributed by atoms with Crippen LogP contribution in [-0.4, -0.2) is 36.0 Å². The predicted molar refractivity (Wildman–Crippen MR) is 121 cm³/mol. The third-order valence-corrected chi connectivity index (χ3v) is 5.80. The van der Waals surface area contributed by atoms with Gasteiger partial charge in [0.15, 0.2) is 0 Å². The van der Waals surface area contributed by atoms with Crippen LogP contribution in [0.4, 0.5) is 11.4 Å². The van der Waals surface area contributed by atoms with Gasteiger partial charge < -0.3 is 4.90 Å². The molecule has 1 aliphatic rings. The minimum Gasteiger partial charge on any atom is -0.363 e. The zero-order valence-electron chi connectivity index (χ0n) is 17.4. The summed E-state index contributed by atoms with van der Waals surface area (Å²) in [4.78, 5) is 15.5. The molecule has 4 rings (SSSR count). The highest BCUT2D eigenvalue weighted by Crippen LogP contribution is 2.34.